The highest BCUT2D eigenvalue weighted by molar-refractivity contribution is 9.93. The van der Waals surface area contributed by atoms with Gasteiger partial charge in [-0.25, -0.2) is 0 Å². The third kappa shape index (κ3) is 25.6. The summed E-state index contributed by atoms with van der Waals surface area (Å²) in [5, 5.41) is 0. The predicted molar refractivity (Wildman–Crippen MR) is 154 cm³/mol. The molecular formula is C18H38Br6N2O6. The number of halogens is 6. The minimum atomic E-state index is 0. The number of rotatable bonds is 0. The number of fused-ring (bicyclic) bond motifs is 21. The Morgan fingerprint density at radius 3 is 0.625 bits per heavy atom. The van der Waals surface area contributed by atoms with Gasteiger partial charge in [0.2, 0.25) is 0 Å². The summed E-state index contributed by atoms with van der Waals surface area (Å²) in [5.41, 5.74) is 0. The zero-order valence-corrected chi connectivity index (χ0v) is 28.2. The first kappa shape index (κ1) is 39.1. The fraction of sp³-hybridized carbons (Fsp3) is 1.00. The maximum Gasteiger partial charge on any atom is 0.0701 e. The quantitative estimate of drug-likeness (QED) is 0.359. The van der Waals surface area contributed by atoms with Crippen LogP contribution in [-0.4, -0.2) is 128 Å². The number of hydrogen-bond acceptors (Lipinski definition) is 8. The van der Waals surface area contributed by atoms with Gasteiger partial charge in [0.05, 0.1) is 79.3 Å². The van der Waals surface area contributed by atoms with Gasteiger partial charge in [-0.15, -0.1) is 34.0 Å². The first-order chi connectivity index (χ1) is 14.9. The standard InChI is InChI=1S/C18H36N2O6.2Br2.2BrH/c1-7-21-13-14-24-10-4-20-5-11-25-17-15-22-8-2-19(1)3-9-23-16-18-26-12-6-20;2*1-2;;/h1-18H2;;;2*1H. The molecule has 2 bridgehead atoms. The van der Waals surface area contributed by atoms with Crippen LogP contribution in [0, 0.1) is 0 Å². The molecule has 198 valence electrons. The van der Waals surface area contributed by atoms with Gasteiger partial charge in [-0.1, -0.05) is 0 Å². The van der Waals surface area contributed by atoms with Crippen molar-refractivity contribution in [2.45, 2.75) is 0 Å². The molecular weight excluding hydrogens is 820 g/mol. The SMILES string of the molecule is Br.Br.BrBr.BrBr.C1COCCN2CCOCCOCCN(CCO1)CCOCCOCC2. The van der Waals surface area contributed by atoms with E-state index in [2.05, 4.69) is 66.3 Å². The average molecular weight is 858 g/mol. The molecule has 3 fully saturated rings. The van der Waals surface area contributed by atoms with Crippen LogP contribution < -0.4 is 0 Å². The second-order valence-corrected chi connectivity index (χ2v) is 6.36. The second kappa shape index (κ2) is 33.6. The third-order valence-electron chi connectivity index (χ3n) is 4.43. The maximum atomic E-state index is 5.70. The summed E-state index contributed by atoms with van der Waals surface area (Å²) in [6.07, 6.45) is 0. The summed E-state index contributed by atoms with van der Waals surface area (Å²) in [6, 6.07) is 0. The van der Waals surface area contributed by atoms with Gasteiger partial charge < -0.3 is 28.4 Å². The van der Waals surface area contributed by atoms with Gasteiger partial charge in [0.1, 0.15) is 0 Å². The molecule has 3 rings (SSSR count). The van der Waals surface area contributed by atoms with Crippen molar-refractivity contribution in [3.8, 4) is 0 Å². The third-order valence-corrected chi connectivity index (χ3v) is 4.43. The highest BCUT2D eigenvalue weighted by Gasteiger charge is 2.08. The molecule has 0 spiro atoms. The lowest BCUT2D eigenvalue weighted by molar-refractivity contribution is -0.0103. The summed E-state index contributed by atoms with van der Waals surface area (Å²) in [6.45, 7) is 13.2. The molecule has 0 saturated carbocycles. The first-order valence-electron chi connectivity index (χ1n) is 10.1. The van der Waals surface area contributed by atoms with Crippen LogP contribution in [0.2, 0.25) is 0 Å². The summed E-state index contributed by atoms with van der Waals surface area (Å²) in [4.78, 5) is 4.62. The van der Waals surface area contributed by atoms with Crippen LogP contribution in [-0.2, 0) is 28.4 Å². The fourth-order valence-corrected chi connectivity index (χ4v) is 2.80. The van der Waals surface area contributed by atoms with E-state index in [1.54, 1.807) is 0 Å². The summed E-state index contributed by atoms with van der Waals surface area (Å²) < 4.78 is 34.2. The Hall–Kier alpha value is 2.56. The molecule has 0 unspecified atom stereocenters. The Bertz CT molecular complexity index is 269. The first-order valence-corrected chi connectivity index (χ1v) is 17.6. The molecule has 3 saturated heterocycles. The molecule has 3 aliphatic heterocycles. The molecule has 0 atom stereocenters. The van der Waals surface area contributed by atoms with Crippen LogP contribution in [0.25, 0.3) is 0 Å². The molecule has 0 aromatic carbocycles. The van der Waals surface area contributed by atoms with Crippen LogP contribution in [0.15, 0.2) is 0 Å². The van der Waals surface area contributed by atoms with E-state index in [4.69, 9.17) is 28.4 Å². The van der Waals surface area contributed by atoms with E-state index in [1.807, 2.05) is 0 Å². The minimum absolute atomic E-state index is 0. The van der Waals surface area contributed by atoms with Crippen LogP contribution >= 0.6 is 90.5 Å². The van der Waals surface area contributed by atoms with E-state index in [0.29, 0.717) is 79.3 Å². The van der Waals surface area contributed by atoms with E-state index < -0.39 is 0 Å². The monoisotopic (exact) mass is 852 g/mol. The summed E-state index contributed by atoms with van der Waals surface area (Å²) in [5.74, 6) is 0. The molecule has 32 heavy (non-hydrogen) atoms. The number of nitrogens with zero attached hydrogens (tertiary/aromatic N) is 2. The zero-order valence-electron chi connectivity index (χ0n) is 18.4. The lowest BCUT2D eigenvalue weighted by atomic mass is 10.4. The largest absolute Gasteiger partial charge is 0.378 e. The second-order valence-electron chi connectivity index (χ2n) is 6.36. The van der Waals surface area contributed by atoms with Crippen molar-refractivity contribution < 1.29 is 28.4 Å². The Morgan fingerprint density at radius 2 is 0.469 bits per heavy atom. The van der Waals surface area contributed by atoms with Crippen molar-refractivity contribution in [2.75, 3.05) is 119 Å². The van der Waals surface area contributed by atoms with Gasteiger partial charge in [0, 0.05) is 95.8 Å². The molecule has 0 radical (unpaired) electrons. The molecule has 3 aliphatic rings. The van der Waals surface area contributed by atoms with Crippen molar-refractivity contribution in [1.29, 1.82) is 0 Å². The van der Waals surface area contributed by atoms with E-state index in [1.165, 1.54) is 0 Å². The van der Waals surface area contributed by atoms with Gasteiger partial charge in [0.15, 0.2) is 0 Å². The van der Waals surface area contributed by atoms with Crippen molar-refractivity contribution in [3.63, 3.8) is 0 Å². The molecule has 0 aromatic heterocycles. The Balaban J connectivity index is -0.00000132. The highest BCUT2D eigenvalue weighted by Crippen LogP contribution is 1.96. The minimum Gasteiger partial charge on any atom is -0.378 e. The maximum absolute atomic E-state index is 5.70. The smallest absolute Gasteiger partial charge is 0.0701 e. The van der Waals surface area contributed by atoms with E-state index in [9.17, 15) is 0 Å². The lowest BCUT2D eigenvalue weighted by Gasteiger charge is -2.24. The van der Waals surface area contributed by atoms with Gasteiger partial charge >= 0.3 is 0 Å². The lowest BCUT2D eigenvalue weighted by Crippen LogP contribution is -2.36. The Labute approximate surface area is 245 Å². The number of ether oxygens (including phenoxy) is 6. The van der Waals surface area contributed by atoms with E-state index in [0.717, 1.165) is 39.3 Å². The molecule has 8 nitrogen and oxygen atoms in total. The van der Waals surface area contributed by atoms with Crippen LogP contribution in [0.3, 0.4) is 0 Å². The Morgan fingerprint density at radius 1 is 0.312 bits per heavy atom. The van der Waals surface area contributed by atoms with Gasteiger partial charge in [-0.2, -0.15) is 0 Å². The summed E-state index contributed by atoms with van der Waals surface area (Å²) in [7, 11) is 0. The van der Waals surface area contributed by atoms with Crippen molar-refractivity contribution >= 4 is 90.5 Å². The molecule has 0 aliphatic carbocycles. The number of hydrogen-bond donors (Lipinski definition) is 0. The molecule has 0 aromatic rings. The zero-order chi connectivity index (χ0) is 22.1. The van der Waals surface area contributed by atoms with Crippen LogP contribution in [0.4, 0.5) is 0 Å². The van der Waals surface area contributed by atoms with Crippen molar-refractivity contribution in [1.82, 2.24) is 9.80 Å². The van der Waals surface area contributed by atoms with Gasteiger partial charge in [0.25, 0.3) is 0 Å². The fourth-order valence-electron chi connectivity index (χ4n) is 2.80. The van der Waals surface area contributed by atoms with Crippen molar-refractivity contribution in [2.24, 2.45) is 0 Å². The van der Waals surface area contributed by atoms with E-state index in [-0.39, 0.29) is 34.0 Å². The topological polar surface area (TPSA) is 61.9 Å². The average Bonchev–Trinajstić information content (AvgIpc) is 2.79. The summed E-state index contributed by atoms with van der Waals surface area (Å²) >= 11 is 11.0. The molecule has 0 N–H and O–H groups in total. The molecule has 14 heteroatoms. The highest BCUT2D eigenvalue weighted by atomic mass is 80.9. The normalized spacial score (nSPS) is 25.1. The van der Waals surface area contributed by atoms with Crippen LogP contribution in [0.5, 0.6) is 0 Å². The van der Waals surface area contributed by atoms with E-state index >= 15 is 0 Å². The van der Waals surface area contributed by atoms with Crippen molar-refractivity contribution in [3.05, 3.63) is 0 Å². The molecule has 0 amide bonds. The van der Waals surface area contributed by atoms with Gasteiger partial charge in [-0.05, 0) is 0 Å². The Kier molecular flexibility index (Phi) is 41.0. The predicted octanol–water partition coefficient (Wildman–Crippen LogP) is 4.26. The van der Waals surface area contributed by atoms with Gasteiger partial charge in [-0.3, -0.25) is 9.80 Å². The molecule has 3 heterocycles. The van der Waals surface area contributed by atoms with Crippen LogP contribution in [0.1, 0.15) is 0 Å².